The summed E-state index contributed by atoms with van der Waals surface area (Å²) in [6.07, 6.45) is 0.937. The molecule has 0 rings (SSSR count). The third-order valence-electron chi connectivity index (χ3n) is 0.960. The van der Waals surface area contributed by atoms with E-state index in [1.54, 1.807) is 0 Å². The molecule has 0 aromatic heterocycles. The lowest BCUT2D eigenvalue weighted by Crippen LogP contribution is -2.11. The van der Waals surface area contributed by atoms with E-state index in [1.807, 2.05) is 0 Å². The molecule has 0 amide bonds. The van der Waals surface area contributed by atoms with Crippen LogP contribution in [0.1, 0.15) is 19.8 Å². The van der Waals surface area contributed by atoms with Crippen molar-refractivity contribution < 1.29 is 8.78 Å². The molecule has 0 aliphatic heterocycles. The van der Waals surface area contributed by atoms with E-state index in [2.05, 4.69) is 6.58 Å². The molecule has 0 aliphatic rings. The minimum Gasteiger partial charge on any atom is -0.207 e. The van der Waals surface area contributed by atoms with E-state index in [-0.39, 0.29) is 12.8 Å². The van der Waals surface area contributed by atoms with E-state index >= 15 is 0 Å². The molecule has 0 aromatic carbocycles. The Bertz CT molecular complexity index is 76.6. The molecule has 0 spiro atoms. The molecule has 0 saturated heterocycles. The summed E-state index contributed by atoms with van der Waals surface area (Å²) < 4.78 is 24.2. The molecule has 0 nitrogen and oxygen atoms in total. The van der Waals surface area contributed by atoms with Gasteiger partial charge in [-0.15, -0.1) is 6.58 Å². The minimum atomic E-state index is -2.53. The second kappa shape index (κ2) is 2.80. The standard InChI is InChI=1S/C6H10F2/c1-3-5-6(7,8)4-2/h3H,1,4-5H2,2H3. The molecule has 48 valence electrons. The zero-order valence-corrected chi connectivity index (χ0v) is 4.95. The average molecular weight is 120 g/mol. The van der Waals surface area contributed by atoms with Crippen molar-refractivity contribution >= 4 is 0 Å². The van der Waals surface area contributed by atoms with Crippen LogP contribution in [0.4, 0.5) is 8.78 Å². The van der Waals surface area contributed by atoms with Crippen molar-refractivity contribution in [2.45, 2.75) is 25.7 Å². The van der Waals surface area contributed by atoms with E-state index in [0.29, 0.717) is 0 Å². The summed E-state index contributed by atoms with van der Waals surface area (Å²) in [4.78, 5) is 0. The lowest BCUT2D eigenvalue weighted by molar-refractivity contribution is 0.000648. The fourth-order valence-electron chi connectivity index (χ4n) is 0.356. The molecule has 0 aliphatic carbocycles. The Labute approximate surface area is 48.2 Å². The fourth-order valence-corrected chi connectivity index (χ4v) is 0.356. The van der Waals surface area contributed by atoms with Crippen LogP contribution in [0.5, 0.6) is 0 Å². The van der Waals surface area contributed by atoms with Gasteiger partial charge in [0.05, 0.1) is 0 Å². The maximum atomic E-state index is 12.1. The van der Waals surface area contributed by atoms with Crippen LogP contribution >= 0.6 is 0 Å². The smallest absolute Gasteiger partial charge is 0.207 e. The predicted molar refractivity (Wildman–Crippen MR) is 30.1 cm³/mol. The van der Waals surface area contributed by atoms with Crippen molar-refractivity contribution in [3.05, 3.63) is 12.7 Å². The third-order valence-corrected chi connectivity index (χ3v) is 0.960. The lowest BCUT2D eigenvalue weighted by atomic mass is 10.2. The largest absolute Gasteiger partial charge is 0.251 e. The van der Waals surface area contributed by atoms with Crippen LogP contribution in [0.15, 0.2) is 12.7 Å². The highest BCUT2D eigenvalue weighted by Gasteiger charge is 2.22. The van der Waals surface area contributed by atoms with Gasteiger partial charge in [-0.25, -0.2) is 8.78 Å². The highest BCUT2D eigenvalue weighted by atomic mass is 19.3. The topological polar surface area (TPSA) is 0 Å². The van der Waals surface area contributed by atoms with Crippen LogP contribution in [0.3, 0.4) is 0 Å². The van der Waals surface area contributed by atoms with Crippen molar-refractivity contribution in [1.82, 2.24) is 0 Å². The molecule has 8 heavy (non-hydrogen) atoms. The van der Waals surface area contributed by atoms with E-state index in [0.717, 1.165) is 0 Å². The van der Waals surface area contributed by atoms with Crippen molar-refractivity contribution in [3.8, 4) is 0 Å². The number of halogens is 2. The summed E-state index contributed by atoms with van der Waals surface area (Å²) in [6, 6.07) is 0. The molecule has 0 N–H and O–H groups in total. The zero-order chi connectivity index (χ0) is 6.62. The number of rotatable bonds is 3. The third kappa shape index (κ3) is 2.72. The number of hydrogen-bond acceptors (Lipinski definition) is 0. The van der Waals surface area contributed by atoms with Crippen LogP contribution < -0.4 is 0 Å². The molecule has 0 radical (unpaired) electrons. The molecule has 0 saturated carbocycles. The van der Waals surface area contributed by atoms with Gasteiger partial charge in [-0.05, 0) is 0 Å². The van der Waals surface area contributed by atoms with E-state index < -0.39 is 5.92 Å². The minimum absolute atomic E-state index is 0.0982. The first-order valence-electron chi connectivity index (χ1n) is 2.61. The predicted octanol–water partition coefficient (Wildman–Crippen LogP) is 2.61. The van der Waals surface area contributed by atoms with Gasteiger partial charge < -0.3 is 0 Å². The summed E-state index contributed by atoms with van der Waals surface area (Å²) in [6.45, 7) is 4.68. The summed E-state index contributed by atoms with van der Waals surface area (Å²) in [5.41, 5.74) is 0. The van der Waals surface area contributed by atoms with Crippen molar-refractivity contribution in [1.29, 1.82) is 0 Å². The van der Waals surface area contributed by atoms with Gasteiger partial charge in [-0.2, -0.15) is 0 Å². The first-order valence-corrected chi connectivity index (χ1v) is 2.61. The summed E-state index contributed by atoms with van der Waals surface area (Å²) in [5, 5.41) is 0. The second-order valence-electron chi connectivity index (χ2n) is 1.70. The van der Waals surface area contributed by atoms with Gasteiger partial charge in [0.2, 0.25) is 0 Å². The van der Waals surface area contributed by atoms with Crippen LogP contribution in [-0.4, -0.2) is 5.92 Å². The van der Waals surface area contributed by atoms with Gasteiger partial charge in [0.25, 0.3) is 5.92 Å². The molecule has 0 heterocycles. The SMILES string of the molecule is C=CCC(F)(F)CC. The molecular weight excluding hydrogens is 110 g/mol. The summed E-state index contributed by atoms with van der Waals surface area (Å²) in [5.74, 6) is -2.53. The molecule has 0 unspecified atom stereocenters. The van der Waals surface area contributed by atoms with Crippen molar-refractivity contribution in [2.24, 2.45) is 0 Å². The zero-order valence-electron chi connectivity index (χ0n) is 4.95. The Morgan fingerprint density at radius 2 is 2.12 bits per heavy atom. The molecule has 0 atom stereocenters. The molecule has 0 aromatic rings. The van der Waals surface area contributed by atoms with Gasteiger partial charge in [0, 0.05) is 12.8 Å². The van der Waals surface area contributed by atoms with Crippen LogP contribution in [0.2, 0.25) is 0 Å². The van der Waals surface area contributed by atoms with Crippen LogP contribution in [0.25, 0.3) is 0 Å². The highest BCUT2D eigenvalue weighted by Crippen LogP contribution is 2.21. The van der Waals surface area contributed by atoms with Crippen molar-refractivity contribution in [3.63, 3.8) is 0 Å². The number of hydrogen-bond donors (Lipinski definition) is 0. The van der Waals surface area contributed by atoms with Gasteiger partial charge in [-0.3, -0.25) is 0 Å². The van der Waals surface area contributed by atoms with Gasteiger partial charge >= 0.3 is 0 Å². The normalized spacial score (nSPS) is 11.4. The Kier molecular flexibility index (Phi) is 2.66. The molecule has 2 heteroatoms. The quantitative estimate of drug-likeness (QED) is 0.502. The lowest BCUT2D eigenvalue weighted by Gasteiger charge is -2.08. The summed E-state index contributed by atoms with van der Waals surface area (Å²) >= 11 is 0. The Morgan fingerprint density at radius 3 is 2.25 bits per heavy atom. The number of allylic oxidation sites excluding steroid dienone is 1. The van der Waals surface area contributed by atoms with E-state index in [4.69, 9.17) is 0 Å². The first kappa shape index (κ1) is 7.60. The van der Waals surface area contributed by atoms with Gasteiger partial charge in [0.1, 0.15) is 0 Å². The van der Waals surface area contributed by atoms with Gasteiger partial charge in [0.15, 0.2) is 0 Å². The van der Waals surface area contributed by atoms with Crippen LogP contribution in [0, 0.1) is 0 Å². The maximum Gasteiger partial charge on any atom is 0.251 e. The second-order valence-corrected chi connectivity index (χ2v) is 1.70. The fraction of sp³-hybridized carbons (Fsp3) is 0.667. The average Bonchev–Trinajstić information content (AvgIpc) is 1.67. The monoisotopic (exact) mass is 120 g/mol. The maximum absolute atomic E-state index is 12.1. The van der Waals surface area contributed by atoms with Crippen molar-refractivity contribution in [2.75, 3.05) is 0 Å². The molecule has 0 bridgehead atoms. The highest BCUT2D eigenvalue weighted by molar-refractivity contribution is 4.76. The number of alkyl halides is 2. The van der Waals surface area contributed by atoms with Gasteiger partial charge in [-0.1, -0.05) is 13.0 Å². The summed E-state index contributed by atoms with van der Waals surface area (Å²) in [7, 11) is 0. The Balaban J connectivity index is 3.53. The van der Waals surface area contributed by atoms with E-state index in [1.165, 1.54) is 13.0 Å². The van der Waals surface area contributed by atoms with E-state index in [9.17, 15) is 8.78 Å². The molecular formula is C6H10F2. The first-order chi connectivity index (χ1) is 3.62. The molecule has 0 fully saturated rings. The Morgan fingerprint density at radius 1 is 1.62 bits per heavy atom. The Hall–Kier alpha value is -0.400. The van der Waals surface area contributed by atoms with Crippen LogP contribution in [-0.2, 0) is 0 Å².